The third kappa shape index (κ3) is 4.65. The van der Waals surface area contributed by atoms with E-state index < -0.39 is 0 Å². The molecule has 5 nitrogen and oxygen atoms in total. The Labute approximate surface area is 142 Å². The molecule has 0 saturated heterocycles. The van der Waals surface area contributed by atoms with Crippen molar-refractivity contribution in [3.05, 3.63) is 58.9 Å². The molecule has 1 aromatic heterocycles. The highest BCUT2D eigenvalue weighted by Crippen LogP contribution is 2.17. The lowest BCUT2D eigenvalue weighted by molar-refractivity contribution is 0.0914. The van der Waals surface area contributed by atoms with Crippen molar-refractivity contribution in [2.45, 2.75) is 40.2 Å². The Morgan fingerprint density at radius 2 is 1.71 bits per heavy atom. The van der Waals surface area contributed by atoms with Crippen LogP contribution in [0.2, 0.25) is 0 Å². The number of aromatic nitrogens is 1. The average Bonchev–Trinajstić information content (AvgIpc) is 2.48. The molecule has 2 amide bonds. The van der Waals surface area contributed by atoms with Crippen molar-refractivity contribution in [3.63, 3.8) is 0 Å². The number of aryl methyl sites for hydroxylation is 2. The topological polar surface area (TPSA) is 71.1 Å². The van der Waals surface area contributed by atoms with Crippen LogP contribution in [0.5, 0.6) is 0 Å². The fourth-order valence-corrected chi connectivity index (χ4v) is 2.25. The van der Waals surface area contributed by atoms with Crippen LogP contribution in [-0.2, 0) is 0 Å². The number of anilines is 1. The van der Waals surface area contributed by atoms with Gasteiger partial charge in [-0.1, -0.05) is 17.7 Å². The Morgan fingerprint density at radius 3 is 2.33 bits per heavy atom. The number of nitrogens with zero attached hydrogens (tertiary/aromatic N) is 1. The zero-order chi connectivity index (χ0) is 17.9. The standard InChI is InChI=1S/C19H23N3O2/c1-12-6-7-15(13(2)10-12)21-17(23)14-8-9-20-16(11-14)18(24)22-19(3,4)5/h6-11H,1-5H3,(H,21,23)(H,22,24). The van der Waals surface area contributed by atoms with E-state index in [-0.39, 0.29) is 23.0 Å². The van der Waals surface area contributed by atoms with Crippen LogP contribution in [0, 0.1) is 13.8 Å². The van der Waals surface area contributed by atoms with Gasteiger partial charge in [0.1, 0.15) is 5.69 Å². The summed E-state index contributed by atoms with van der Waals surface area (Å²) < 4.78 is 0. The molecule has 0 fully saturated rings. The highest BCUT2D eigenvalue weighted by atomic mass is 16.2. The second-order valence-electron chi connectivity index (χ2n) is 6.91. The molecule has 0 atom stereocenters. The maximum atomic E-state index is 12.4. The summed E-state index contributed by atoms with van der Waals surface area (Å²) in [5.74, 6) is -0.571. The lowest BCUT2D eigenvalue weighted by Gasteiger charge is -2.20. The number of nitrogens with one attached hydrogen (secondary N) is 2. The van der Waals surface area contributed by atoms with E-state index in [0.717, 1.165) is 16.8 Å². The fraction of sp³-hybridized carbons (Fsp3) is 0.316. The van der Waals surface area contributed by atoms with Gasteiger partial charge in [-0.25, -0.2) is 0 Å². The first-order valence-electron chi connectivity index (χ1n) is 7.83. The predicted octanol–water partition coefficient (Wildman–Crippen LogP) is 3.48. The van der Waals surface area contributed by atoms with Crippen molar-refractivity contribution in [2.24, 2.45) is 0 Å². The largest absolute Gasteiger partial charge is 0.346 e. The molecule has 0 saturated carbocycles. The highest BCUT2D eigenvalue weighted by Gasteiger charge is 2.17. The van der Waals surface area contributed by atoms with Crippen LogP contribution in [0.3, 0.4) is 0 Å². The number of pyridine rings is 1. The molecule has 126 valence electrons. The Morgan fingerprint density at radius 1 is 1.00 bits per heavy atom. The molecule has 0 aliphatic heterocycles. The summed E-state index contributed by atoms with van der Waals surface area (Å²) in [5, 5.41) is 5.70. The van der Waals surface area contributed by atoms with Gasteiger partial charge in [0.25, 0.3) is 11.8 Å². The molecule has 2 rings (SSSR count). The van der Waals surface area contributed by atoms with E-state index in [0.29, 0.717) is 5.56 Å². The molecular formula is C19H23N3O2. The Bertz CT molecular complexity index is 776. The van der Waals surface area contributed by atoms with Crippen molar-refractivity contribution < 1.29 is 9.59 Å². The highest BCUT2D eigenvalue weighted by molar-refractivity contribution is 6.06. The number of carbonyl (C=O) groups is 2. The molecule has 0 aliphatic rings. The minimum atomic E-state index is -0.365. The summed E-state index contributed by atoms with van der Waals surface area (Å²) in [4.78, 5) is 28.7. The quantitative estimate of drug-likeness (QED) is 0.907. The van der Waals surface area contributed by atoms with Gasteiger partial charge < -0.3 is 10.6 Å². The first kappa shape index (κ1) is 17.7. The molecule has 5 heteroatoms. The van der Waals surface area contributed by atoms with Crippen molar-refractivity contribution in [2.75, 3.05) is 5.32 Å². The third-order valence-corrected chi connectivity index (χ3v) is 3.37. The zero-order valence-corrected chi connectivity index (χ0v) is 14.7. The molecule has 0 spiro atoms. The van der Waals surface area contributed by atoms with E-state index >= 15 is 0 Å². The summed E-state index contributed by atoms with van der Waals surface area (Å²) in [6.45, 7) is 9.61. The Balaban J connectivity index is 2.18. The zero-order valence-electron chi connectivity index (χ0n) is 14.7. The first-order valence-corrected chi connectivity index (χ1v) is 7.83. The van der Waals surface area contributed by atoms with E-state index in [9.17, 15) is 9.59 Å². The number of hydrogen-bond acceptors (Lipinski definition) is 3. The minimum Gasteiger partial charge on any atom is -0.346 e. The van der Waals surface area contributed by atoms with Crippen LogP contribution in [0.4, 0.5) is 5.69 Å². The van der Waals surface area contributed by atoms with E-state index in [4.69, 9.17) is 0 Å². The minimum absolute atomic E-state index is 0.221. The number of hydrogen-bond donors (Lipinski definition) is 2. The predicted molar refractivity (Wildman–Crippen MR) is 95.3 cm³/mol. The summed E-state index contributed by atoms with van der Waals surface area (Å²) in [5.41, 5.74) is 3.12. The summed E-state index contributed by atoms with van der Waals surface area (Å²) in [7, 11) is 0. The van der Waals surface area contributed by atoms with Crippen LogP contribution in [0.25, 0.3) is 0 Å². The molecule has 0 bridgehead atoms. The van der Waals surface area contributed by atoms with Crippen LogP contribution < -0.4 is 10.6 Å². The van der Waals surface area contributed by atoms with Gasteiger partial charge in [0.05, 0.1) is 0 Å². The summed E-state index contributed by atoms with van der Waals surface area (Å²) in [6.07, 6.45) is 1.47. The molecular weight excluding hydrogens is 302 g/mol. The van der Waals surface area contributed by atoms with Crippen LogP contribution in [0.1, 0.15) is 52.7 Å². The van der Waals surface area contributed by atoms with E-state index in [2.05, 4.69) is 15.6 Å². The van der Waals surface area contributed by atoms with Gasteiger partial charge >= 0.3 is 0 Å². The molecule has 24 heavy (non-hydrogen) atoms. The Hall–Kier alpha value is -2.69. The van der Waals surface area contributed by atoms with Crippen LogP contribution in [0.15, 0.2) is 36.5 Å². The van der Waals surface area contributed by atoms with Gasteiger partial charge in [0, 0.05) is 23.0 Å². The van der Waals surface area contributed by atoms with Crippen LogP contribution in [-0.4, -0.2) is 22.3 Å². The van der Waals surface area contributed by atoms with Crippen molar-refractivity contribution >= 4 is 17.5 Å². The molecule has 1 heterocycles. The SMILES string of the molecule is Cc1ccc(NC(=O)c2ccnc(C(=O)NC(C)(C)C)c2)c(C)c1. The maximum Gasteiger partial charge on any atom is 0.270 e. The summed E-state index contributed by atoms with van der Waals surface area (Å²) in [6, 6.07) is 8.91. The molecule has 0 unspecified atom stereocenters. The monoisotopic (exact) mass is 325 g/mol. The lowest BCUT2D eigenvalue weighted by Crippen LogP contribution is -2.41. The van der Waals surface area contributed by atoms with Gasteiger partial charge in [-0.3, -0.25) is 14.6 Å². The number of benzene rings is 1. The second-order valence-corrected chi connectivity index (χ2v) is 6.91. The maximum absolute atomic E-state index is 12.4. The van der Waals surface area contributed by atoms with Crippen LogP contribution >= 0.6 is 0 Å². The summed E-state index contributed by atoms with van der Waals surface area (Å²) >= 11 is 0. The molecule has 0 aliphatic carbocycles. The normalized spacial score (nSPS) is 11.0. The average molecular weight is 325 g/mol. The van der Waals surface area contributed by atoms with Crippen molar-refractivity contribution in [3.8, 4) is 0 Å². The van der Waals surface area contributed by atoms with Crippen molar-refractivity contribution in [1.29, 1.82) is 0 Å². The molecule has 1 aromatic carbocycles. The van der Waals surface area contributed by atoms with Gasteiger partial charge in [0.15, 0.2) is 0 Å². The molecule has 2 N–H and O–H groups in total. The Kier molecular flexibility index (Phi) is 5.02. The smallest absolute Gasteiger partial charge is 0.270 e. The van der Waals surface area contributed by atoms with Gasteiger partial charge in [0.2, 0.25) is 0 Å². The lowest BCUT2D eigenvalue weighted by atomic mass is 10.1. The third-order valence-electron chi connectivity index (χ3n) is 3.37. The molecule has 0 radical (unpaired) electrons. The van der Waals surface area contributed by atoms with Crippen molar-refractivity contribution in [1.82, 2.24) is 10.3 Å². The fourth-order valence-electron chi connectivity index (χ4n) is 2.25. The number of amides is 2. The van der Waals surface area contributed by atoms with Gasteiger partial charge in [-0.2, -0.15) is 0 Å². The van der Waals surface area contributed by atoms with E-state index in [1.54, 1.807) is 6.07 Å². The number of carbonyl (C=O) groups excluding carboxylic acids is 2. The second kappa shape index (κ2) is 6.83. The van der Waals surface area contributed by atoms with Gasteiger partial charge in [-0.05, 0) is 58.4 Å². The van der Waals surface area contributed by atoms with E-state index in [1.165, 1.54) is 12.3 Å². The van der Waals surface area contributed by atoms with E-state index in [1.807, 2.05) is 52.8 Å². The molecule has 2 aromatic rings. The number of rotatable bonds is 3. The van der Waals surface area contributed by atoms with Gasteiger partial charge in [-0.15, -0.1) is 0 Å². The first-order chi connectivity index (χ1) is 11.2.